The maximum Gasteiger partial charge on any atom is 0.305 e. The number of fused-ring (bicyclic) bond motifs is 1. The second-order valence-corrected chi connectivity index (χ2v) is 10.4. The van der Waals surface area contributed by atoms with Crippen LogP contribution in [0, 0.1) is 22.7 Å². The molecule has 0 aromatic rings. The summed E-state index contributed by atoms with van der Waals surface area (Å²) < 4.78 is 21.8. The predicted molar refractivity (Wildman–Crippen MR) is 122 cm³/mol. The molecule has 3 aliphatic rings. The number of hydrogen-bond donors (Lipinski definition) is 0. The van der Waals surface area contributed by atoms with Crippen LogP contribution >= 0.6 is 0 Å². The lowest BCUT2D eigenvalue weighted by Crippen LogP contribution is -2.49. The van der Waals surface area contributed by atoms with Gasteiger partial charge in [-0.15, -0.1) is 0 Å². The standard InChI is InChI=1S/C26H38O7/c1-15-9-8-10-21-25(15,6)13-11-16(2)26(21,7)14-12-20-22(30-17(3)27)24(32-19(5)29)33-23(20)31-18(4)28/h9,12,16,21-24H,8,10-11,13-14H2,1-7H3. The molecular weight excluding hydrogens is 424 g/mol. The molecule has 7 nitrogen and oxygen atoms in total. The second kappa shape index (κ2) is 9.61. The molecule has 0 bridgehead atoms. The zero-order valence-corrected chi connectivity index (χ0v) is 20.9. The van der Waals surface area contributed by atoms with E-state index in [1.165, 1.54) is 32.8 Å². The van der Waals surface area contributed by atoms with Crippen LogP contribution in [0.15, 0.2) is 23.3 Å². The van der Waals surface area contributed by atoms with Gasteiger partial charge < -0.3 is 14.2 Å². The van der Waals surface area contributed by atoms with Crippen molar-refractivity contribution in [3.63, 3.8) is 0 Å². The summed E-state index contributed by atoms with van der Waals surface area (Å²) in [5, 5.41) is 0. The third-order valence-corrected chi connectivity index (χ3v) is 8.33. The van der Waals surface area contributed by atoms with E-state index < -0.39 is 36.6 Å². The Morgan fingerprint density at radius 1 is 1.06 bits per heavy atom. The number of esters is 3. The molecule has 0 radical (unpaired) electrons. The van der Waals surface area contributed by atoms with Crippen LogP contribution in [0.5, 0.6) is 0 Å². The van der Waals surface area contributed by atoms with E-state index in [1.807, 2.05) is 6.08 Å². The molecule has 184 valence electrons. The highest BCUT2D eigenvalue weighted by Gasteiger charge is 2.53. The molecule has 0 N–H and O–H groups in total. The van der Waals surface area contributed by atoms with Gasteiger partial charge in [0.2, 0.25) is 12.6 Å². The Kier molecular flexibility index (Phi) is 7.42. The van der Waals surface area contributed by atoms with E-state index >= 15 is 0 Å². The van der Waals surface area contributed by atoms with Crippen LogP contribution in [-0.2, 0) is 33.3 Å². The smallest absolute Gasteiger partial charge is 0.305 e. The topological polar surface area (TPSA) is 88.1 Å². The fourth-order valence-electron chi connectivity index (χ4n) is 6.17. The molecule has 0 amide bonds. The number of carbonyl (C=O) groups is 3. The minimum atomic E-state index is -1.16. The highest BCUT2D eigenvalue weighted by Crippen LogP contribution is 2.61. The van der Waals surface area contributed by atoms with Crippen LogP contribution in [0.4, 0.5) is 0 Å². The predicted octanol–water partition coefficient (Wildman–Crippen LogP) is 4.84. The van der Waals surface area contributed by atoms with Gasteiger partial charge in [0.05, 0.1) is 0 Å². The number of carbonyl (C=O) groups excluding carboxylic acids is 3. The van der Waals surface area contributed by atoms with Crippen molar-refractivity contribution in [2.75, 3.05) is 0 Å². The van der Waals surface area contributed by atoms with Crippen molar-refractivity contribution in [3.8, 4) is 0 Å². The van der Waals surface area contributed by atoms with Crippen molar-refractivity contribution in [1.29, 1.82) is 0 Å². The van der Waals surface area contributed by atoms with E-state index in [2.05, 4.69) is 33.8 Å². The first kappa shape index (κ1) is 25.5. The number of allylic oxidation sites excluding steroid dienone is 3. The van der Waals surface area contributed by atoms with Crippen molar-refractivity contribution in [3.05, 3.63) is 23.3 Å². The van der Waals surface area contributed by atoms with Gasteiger partial charge in [-0.1, -0.05) is 38.5 Å². The van der Waals surface area contributed by atoms with Gasteiger partial charge in [0.25, 0.3) is 0 Å². The molecule has 1 saturated carbocycles. The van der Waals surface area contributed by atoms with Gasteiger partial charge in [0.15, 0.2) is 6.10 Å². The molecule has 7 unspecified atom stereocenters. The van der Waals surface area contributed by atoms with Crippen LogP contribution in [0.2, 0.25) is 0 Å². The summed E-state index contributed by atoms with van der Waals surface area (Å²) in [7, 11) is 0. The molecule has 1 aliphatic heterocycles. The SMILES string of the molecule is CC(=O)OC1OC(OC(C)=O)C(OC(C)=O)C1=CCC1(C)C(C)CCC2(C)C(C)=CCCC21. The lowest BCUT2D eigenvalue weighted by Gasteiger charge is -2.58. The van der Waals surface area contributed by atoms with Gasteiger partial charge in [-0.05, 0) is 61.7 Å². The Labute approximate surface area is 196 Å². The van der Waals surface area contributed by atoms with Gasteiger partial charge in [-0.3, -0.25) is 19.1 Å². The largest absolute Gasteiger partial charge is 0.451 e. The molecule has 3 rings (SSSR count). The van der Waals surface area contributed by atoms with Crippen LogP contribution in [0.3, 0.4) is 0 Å². The first-order valence-electron chi connectivity index (χ1n) is 11.9. The van der Waals surface area contributed by atoms with E-state index in [4.69, 9.17) is 18.9 Å². The summed E-state index contributed by atoms with van der Waals surface area (Å²) in [5.41, 5.74) is 2.14. The Balaban J connectivity index is 1.97. The highest BCUT2D eigenvalue weighted by molar-refractivity contribution is 5.68. The van der Waals surface area contributed by atoms with Crippen molar-refractivity contribution in [2.45, 2.75) is 99.3 Å². The first-order valence-corrected chi connectivity index (χ1v) is 11.9. The zero-order chi connectivity index (χ0) is 24.6. The fraction of sp³-hybridized carbons (Fsp3) is 0.731. The average molecular weight is 463 g/mol. The summed E-state index contributed by atoms with van der Waals surface area (Å²) in [6, 6.07) is 0. The minimum Gasteiger partial charge on any atom is -0.451 e. The van der Waals surface area contributed by atoms with E-state index in [-0.39, 0.29) is 10.8 Å². The zero-order valence-electron chi connectivity index (χ0n) is 20.9. The Hall–Kier alpha value is -2.15. The molecule has 1 saturated heterocycles. The Morgan fingerprint density at radius 2 is 1.70 bits per heavy atom. The lowest BCUT2D eigenvalue weighted by molar-refractivity contribution is -0.218. The Bertz CT molecular complexity index is 859. The summed E-state index contributed by atoms with van der Waals surface area (Å²) in [6.45, 7) is 13.1. The first-order chi connectivity index (χ1) is 15.4. The second-order valence-electron chi connectivity index (χ2n) is 10.4. The van der Waals surface area contributed by atoms with Crippen LogP contribution < -0.4 is 0 Å². The number of rotatable bonds is 5. The van der Waals surface area contributed by atoms with E-state index in [1.54, 1.807) is 0 Å². The molecule has 33 heavy (non-hydrogen) atoms. The van der Waals surface area contributed by atoms with Crippen molar-refractivity contribution >= 4 is 17.9 Å². The molecular formula is C26H38O7. The monoisotopic (exact) mass is 462 g/mol. The molecule has 7 atom stereocenters. The maximum atomic E-state index is 11.8. The summed E-state index contributed by atoms with van der Waals surface area (Å²) in [5.74, 6) is -0.652. The van der Waals surface area contributed by atoms with Crippen molar-refractivity contribution < 1.29 is 33.3 Å². The van der Waals surface area contributed by atoms with Gasteiger partial charge >= 0.3 is 17.9 Å². The summed E-state index contributed by atoms with van der Waals surface area (Å²) in [4.78, 5) is 35.2. The minimum absolute atomic E-state index is 0.00339. The van der Waals surface area contributed by atoms with Gasteiger partial charge in [0, 0.05) is 26.3 Å². The van der Waals surface area contributed by atoms with Crippen LogP contribution in [0.25, 0.3) is 0 Å². The molecule has 0 aromatic heterocycles. The quantitative estimate of drug-likeness (QED) is 0.328. The molecule has 2 aliphatic carbocycles. The molecule has 7 heteroatoms. The molecule has 0 spiro atoms. The van der Waals surface area contributed by atoms with Gasteiger partial charge in [-0.25, -0.2) is 0 Å². The van der Waals surface area contributed by atoms with Crippen molar-refractivity contribution in [1.82, 2.24) is 0 Å². The number of hydrogen-bond acceptors (Lipinski definition) is 7. The van der Waals surface area contributed by atoms with Crippen LogP contribution in [0.1, 0.15) is 80.6 Å². The normalized spacial score (nSPS) is 39.4. The lowest BCUT2D eigenvalue weighted by atomic mass is 9.47. The number of ether oxygens (including phenoxy) is 4. The molecule has 1 heterocycles. The van der Waals surface area contributed by atoms with E-state index in [0.717, 1.165) is 19.3 Å². The average Bonchev–Trinajstić information content (AvgIpc) is 2.99. The highest BCUT2D eigenvalue weighted by atomic mass is 16.8. The maximum absolute atomic E-state index is 11.8. The summed E-state index contributed by atoms with van der Waals surface area (Å²) in [6.07, 6.45) is 6.40. The van der Waals surface area contributed by atoms with Crippen LogP contribution in [-0.4, -0.2) is 36.6 Å². The third-order valence-electron chi connectivity index (χ3n) is 8.33. The Morgan fingerprint density at radius 3 is 2.30 bits per heavy atom. The third kappa shape index (κ3) is 5.03. The van der Waals surface area contributed by atoms with E-state index in [9.17, 15) is 14.4 Å². The molecule has 0 aromatic carbocycles. The van der Waals surface area contributed by atoms with E-state index in [0.29, 0.717) is 23.8 Å². The summed E-state index contributed by atoms with van der Waals surface area (Å²) >= 11 is 0. The fourth-order valence-corrected chi connectivity index (χ4v) is 6.17. The van der Waals surface area contributed by atoms with Gasteiger partial charge in [0.1, 0.15) is 0 Å². The molecule has 2 fully saturated rings. The van der Waals surface area contributed by atoms with Crippen molar-refractivity contribution in [2.24, 2.45) is 22.7 Å². The van der Waals surface area contributed by atoms with Gasteiger partial charge in [-0.2, -0.15) is 0 Å².